The van der Waals surface area contributed by atoms with E-state index < -0.39 is 5.97 Å². The van der Waals surface area contributed by atoms with Gasteiger partial charge in [-0.2, -0.15) is 0 Å². The van der Waals surface area contributed by atoms with Gasteiger partial charge in [0, 0.05) is 11.8 Å². The summed E-state index contributed by atoms with van der Waals surface area (Å²) in [5.41, 5.74) is 2.17. The van der Waals surface area contributed by atoms with Crippen molar-refractivity contribution in [2.75, 3.05) is 11.9 Å². The van der Waals surface area contributed by atoms with Gasteiger partial charge in [0.25, 0.3) is 0 Å². The summed E-state index contributed by atoms with van der Waals surface area (Å²) in [6.45, 7) is 1.94. The number of carboxylic acid groups (broad SMARTS) is 1. The fourth-order valence-electron chi connectivity index (χ4n) is 1.65. The van der Waals surface area contributed by atoms with Crippen molar-refractivity contribution in [3.63, 3.8) is 0 Å². The normalized spacial score (nSPS) is 10.2. The third kappa shape index (κ3) is 3.51. The van der Waals surface area contributed by atoms with Gasteiger partial charge in [-0.15, -0.1) is 0 Å². The second kappa shape index (κ2) is 5.95. The summed E-state index contributed by atoms with van der Waals surface area (Å²) in [6, 6.07) is 9.66. The maximum absolute atomic E-state index is 10.5. The Morgan fingerprint density at radius 3 is 2.63 bits per heavy atom. The van der Waals surface area contributed by atoms with E-state index in [0.29, 0.717) is 11.6 Å². The molecule has 0 amide bonds. The summed E-state index contributed by atoms with van der Waals surface area (Å²) in [4.78, 5) is 19.0. The molecule has 5 nitrogen and oxygen atoms in total. The standard InChI is InChI=1S/C14H15N3O2/c1-2-10-3-5-11(6-4-10)14-15-8-7-12(17-14)16-9-13(18)19/h3-8H,2,9H2,1H3,(H,18,19)(H,15,16,17). The zero-order valence-corrected chi connectivity index (χ0v) is 10.6. The molecule has 2 N–H and O–H groups in total. The van der Waals surface area contributed by atoms with Gasteiger partial charge in [0.05, 0.1) is 0 Å². The van der Waals surface area contributed by atoms with E-state index in [4.69, 9.17) is 5.11 Å². The largest absolute Gasteiger partial charge is 0.480 e. The van der Waals surface area contributed by atoms with Crippen molar-refractivity contribution in [1.82, 2.24) is 9.97 Å². The highest BCUT2D eigenvalue weighted by Crippen LogP contribution is 2.17. The second-order valence-corrected chi connectivity index (χ2v) is 4.06. The molecule has 0 radical (unpaired) electrons. The van der Waals surface area contributed by atoms with Crippen LogP contribution in [0.4, 0.5) is 5.82 Å². The first-order valence-electron chi connectivity index (χ1n) is 6.07. The molecular formula is C14H15N3O2. The van der Waals surface area contributed by atoms with Crippen molar-refractivity contribution in [2.24, 2.45) is 0 Å². The average molecular weight is 257 g/mol. The Kier molecular flexibility index (Phi) is 4.07. The number of hydrogen-bond donors (Lipinski definition) is 2. The molecule has 98 valence electrons. The molecule has 0 atom stereocenters. The fraction of sp³-hybridized carbons (Fsp3) is 0.214. The van der Waals surface area contributed by atoms with Crippen molar-refractivity contribution < 1.29 is 9.90 Å². The van der Waals surface area contributed by atoms with Crippen LogP contribution in [-0.4, -0.2) is 27.6 Å². The Balaban J connectivity index is 2.19. The summed E-state index contributed by atoms with van der Waals surface area (Å²) >= 11 is 0. The molecule has 2 aromatic rings. The highest BCUT2D eigenvalue weighted by atomic mass is 16.4. The van der Waals surface area contributed by atoms with Crippen LogP contribution in [0.2, 0.25) is 0 Å². The number of rotatable bonds is 5. The number of aliphatic carboxylic acids is 1. The summed E-state index contributed by atoms with van der Waals surface area (Å²) in [5, 5.41) is 11.3. The lowest BCUT2D eigenvalue weighted by Gasteiger charge is -2.05. The van der Waals surface area contributed by atoms with E-state index in [1.807, 2.05) is 24.3 Å². The average Bonchev–Trinajstić information content (AvgIpc) is 2.45. The number of aryl methyl sites for hydroxylation is 1. The van der Waals surface area contributed by atoms with Crippen molar-refractivity contribution in [3.05, 3.63) is 42.1 Å². The van der Waals surface area contributed by atoms with E-state index in [9.17, 15) is 4.79 Å². The maximum Gasteiger partial charge on any atom is 0.322 e. The molecule has 1 aromatic heterocycles. The van der Waals surface area contributed by atoms with E-state index in [1.54, 1.807) is 12.3 Å². The van der Waals surface area contributed by atoms with E-state index >= 15 is 0 Å². The van der Waals surface area contributed by atoms with Crippen LogP contribution in [0.5, 0.6) is 0 Å². The first-order chi connectivity index (χ1) is 9.19. The Morgan fingerprint density at radius 2 is 2.00 bits per heavy atom. The lowest BCUT2D eigenvalue weighted by Crippen LogP contribution is -2.13. The quantitative estimate of drug-likeness (QED) is 0.858. The first-order valence-corrected chi connectivity index (χ1v) is 6.07. The third-order valence-corrected chi connectivity index (χ3v) is 2.70. The van der Waals surface area contributed by atoms with Gasteiger partial charge >= 0.3 is 5.97 Å². The Hall–Kier alpha value is -2.43. The van der Waals surface area contributed by atoms with E-state index in [1.165, 1.54) is 5.56 Å². The minimum Gasteiger partial charge on any atom is -0.480 e. The smallest absolute Gasteiger partial charge is 0.322 e. The number of nitrogens with one attached hydrogen (secondary N) is 1. The summed E-state index contributed by atoms with van der Waals surface area (Å²) < 4.78 is 0. The number of benzene rings is 1. The predicted octanol–water partition coefficient (Wildman–Crippen LogP) is 2.20. The molecule has 2 rings (SSSR count). The Labute approximate surface area is 111 Å². The van der Waals surface area contributed by atoms with Gasteiger partial charge in [-0.3, -0.25) is 4.79 Å². The lowest BCUT2D eigenvalue weighted by atomic mass is 10.1. The zero-order valence-electron chi connectivity index (χ0n) is 10.6. The second-order valence-electron chi connectivity index (χ2n) is 4.06. The van der Waals surface area contributed by atoms with Gasteiger partial charge in [-0.05, 0) is 18.1 Å². The Bertz CT molecular complexity index is 567. The third-order valence-electron chi connectivity index (χ3n) is 2.70. The van der Waals surface area contributed by atoms with Crippen LogP contribution in [0.15, 0.2) is 36.5 Å². The fourth-order valence-corrected chi connectivity index (χ4v) is 1.65. The molecule has 0 fully saturated rings. The highest BCUT2D eigenvalue weighted by Gasteiger charge is 2.03. The van der Waals surface area contributed by atoms with Gasteiger partial charge in [0.2, 0.25) is 0 Å². The van der Waals surface area contributed by atoms with Gasteiger partial charge in [-0.25, -0.2) is 9.97 Å². The highest BCUT2D eigenvalue weighted by molar-refractivity contribution is 5.72. The minimum absolute atomic E-state index is 0.161. The van der Waals surface area contributed by atoms with Crippen LogP contribution in [0, 0.1) is 0 Å². The van der Waals surface area contributed by atoms with Crippen molar-refractivity contribution in [1.29, 1.82) is 0 Å². The number of aromatic nitrogens is 2. The van der Waals surface area contributed by atoms with Gasteiger partial charge in [0.15, 0.2) is 5.82 Å². The monoisotopic (exact) mass is 257 g/mol. The number of anilines is 1. The van der Waals surface area contributed by atoms with Crippen LogP contribution in [-0.2, 0) is 11.2 Å². The number of hydrogen-bond acceptors (Lipinski definition) is 4. The molecule has 1 heterocycles. The number of carbonyl (C=O) groups is 1. The molecule has 0 saturated heterocycles. The molecule has 1 aromatic carbocycles. The van der Waals surface area contributed by atoms with Crippen LogP contribution < -0.4 is 5.32 Å². The summed E-state index contributed by atoms with van der Waals surface area (Å²) in [7, 11) is 0. The summed E-state index contributed by atoms with van der Waals surface area (Å²) in [6.07, 6.45) is 2.60. The van der Waals surface area contributed by atoms with Gasteiger partial charge in [0.1, 0.15) is 12.4 Å². The molecule has 0 spiro atoms. The van der Waals surface area contributed by atoms with Crippen molar-refractivity contribution in [2.45, 2.75) is 13.3 Å². The molecule has 0 unspecified atom stereocenters. The topological polar surface area (TPSA) is 75.1 Å². The van der Waals surface area contributed by atoms with Crippen LogP contribution >= 0.6 is 0 Å². The molecule has 0 bridgehead atoms. The molecule has 5 heteroatoms. The molecule has 0 aliphatic rings. The lowest BCUT2D eigenvalue weighted by molar-refractivity contribution is -0.134. The number of nitrogens with zero attached hydrogens (tertiary/aromatic N) is 2. The van der Waals surface area contributed by atoms with Gasteiger partial charge in [-0.1, -0.05) is 31.2 Å². The first kappa shape index (κ1) is 13.0. The van der Waals surface area contributed by atoms with Crippen LogP contribution in [0.25, 0.3) is 11.4 Å². The maximum atomic E-state index is 10.5. The Morgan fingerprint density at radius 1 is 1.26 bits per heavy atom. The van der Waals surface area contributed by atoms with E-state index in [0.717, 1.165) is 12.0 Å². The van der Waals surface area contributed by atoms with Crippen LogP contribution in [0.3, 0.4) is 0 Å². The van der Waals surface area contributed by atoms with Crippen LogP contribution in [0.1, 0.15) is 12.5 Å². The molecular weight excluding hydrogens is 242 g/mol. The van der Waals surface area contributed by atoms with E-state index in [-0.39, 0.29) is 6.54 Å². The van der Waals surface area contributed by atoms with Crippen molar-refractivity contribution >= 4 is 11.8 Å². The van der Waals surface area contributed by atoms with Crippen molar-refractivity contribution in [3.8, 4) is 11.4 Å². The molecule has 0 saturated carbocycles. The van der Waals surface area contributed by atoms with Gasteiger partial charge < -0.3 is 10.4 Å². The van der Waals surface area contributed by atoms with E-state index in [2.05, 4.69) is 22.2 Å². The molecule has 0 aliphatic carbocycles. The zero-order chi connectivity index (χ0) is 13.7. The minimum atomic E-state index is -0.924. The SMILES string of the molecule is CCc1ccc(-c2nccc(NCC(=O)O)n2)cc1. The number of carboxylic acids is 1. The summed E-state index contributed by atoms with van der Waals surface area (Å²) in [5.74, 6) is 0.164. The predicted molar refractivity (Wildman–Crippen MR) is 73.0 cm³/mol. The molecule has 19 heavy (non-hydrogen) atoms. The molecule has 0 aliphatic heterocycles.